The Balaban J connectivity index is 1.37. The first-order valence-electron chi connectivity index (χ1n) is 12.6. The summed E-state index contributed by atoms with van der Waals surface area (Å²) in [6.07, 6.45) is 3.34. The summed E-state index contributed by atoms with van der Waals surface area (Å²) in [6.45, 7) is 0. The van der Waals surface area contributed by atoms with Gasteiger partial charge in [-0.15, -0.1) is 0 Å². The second-order valence-corrected chi connectivity index (χ2v) is 11.5. The monoisotopic (exact) mass is 523 g/mol. The fraction of sp³-hybridized carbons (Fsp3) is 0.370. The molecule has 2 aromatic carbocycles. The molecular formula is C27H33N5O4S. The fourth-order valence-corrected chi connectivity index (χ4v) is 6.18. The van der Waals surface area contributed by atoms with Gasteiger partial charge in [0.2, 0.25) is 9.84 Å². The van der Waals surface area contributed by atoms with Gasteiger partial charge < -0.3 is 20.5 Å². The second-order valence-electron chi connectivity index (χ2n) is 9.59. The Hall–Kier alpha value is -3.18. The van der Waals surface area contributed by atoms with Crippen LogP contribution < -0.4 is 26.2 Å². The van der Waals surface area contributed by atoms with Crippen molar-refractivity contribution in [3.8, 4) is 5.75 Å². The van der Waals surface area contributed by atoms with Crippen LogP contribution in [0.5, 0.6) is 5.75 Å². The van der Waals surface area contributed by atoms with Crippen molar-refractivity contribution in [2.45, 2.75) is 66.2 Å². The Bertz CT molecular complexity index is 1300. The molecule has 1 aliphatic heterocycles. The number of ether oxygens (including phenoxy) is 1. The Kier molecular flexibility index (Phi) is 7.61. The van der Waals surface area contributed by atoms with E-state index in [2.05, 4.69) is 21.5 Å². The van der Waals surface area contributed by atoms with Gasteiger partial charge in [0.25, 0.3) is 0 Å². The maximum atomic E-state index is 13.4. The highest BCUT2D eigenvalue weighted by Crippen LogP contribution is 2.29. The molecule has 2 aliphatic rings. The lowest BCUT2D eigenvalue weighted by Crippen LogP contribution is -2.36. The zero-order valence-corrected chi connectivity index (χ0v) is 21.5. The summed E-state index contributed by atoms with van der Waals surface area (Å²) in [7, 11) is -2.09. The Morgan fingerprint density at radius 2 is 1.57 bits per heavy atom. The van der Waals surface area contributed by atoms with E-state index in [4.69, 9.17) is 9.72 Å². The van der Waals surface area contributed by atoms with Crippen LogP contribution in [0.2, 0.25) is 0 Å². The van der Waals surface area contributed by atoms with Crippen molar-refractivity contribution in [3.63, 3.8) is 0 Å². The molecule has 2 fully saturated rings. The van der Waals surface area contributed by atoms with Crippen molar-refractivity contribution in [1.82, 2.24) is 15.8 Å². The second kappa shape index (κ2) is 11.1. The van der Waals surface area contributed by atoms with Crippen LogP contribution in [0, 0.1) is 0 Å². The van der Waals surface area contributed by atoms with Gasteiger partial charge in [-0.2, -0.15) is 0 Å². The summed E-state index contributed by atoms with van der Waals surface area (Å²) >= 11 is 0. The maximum absolute atomic E-state index is 13.4. The van der Waals surface area contributed by atoms with Crippen LogP contribution in [0.25, 0.3) is 0 Å². The number of aliphatic hydroxyl groups excluding tert-OH is 1. The molecule has 2 unspecified atom stereocenters. The first-order valence-corrected chi connectivity index (χ1v) is 14.1. The van der Waals surface area contributed by atoms with Gasteiger partial charge in [-0.3, -0.25) is 0 Å². The number of rotatable bonds is 8. The number of methoxy groups -OCH3 is 1. The lowest BCUT2D eigenvalue weighted by molar-refractivity contribution is 0.126. The van der Waals surface area contributed by atoms with Gasteiger partial charge in [0.1, 0.15) is 17.4 Å². The lowest BCUT2D eigenvalue weighted by Gasteiger charge is -2.27. The quantitative estimate of drug-likeness (QED) is 0.301. The van der Waals surface area contributed by atoms with Crippen LogP contribution in [-0.2, 0) is 9.84 Å². The Morgan fingerprint density at radius 3 is 2.24 bits per heavy atom. The molecule has 10 heteroatoms. The van der Waals surface area contributed by atoms with Crippen molar-refractivity contribution in [2.24, 2.45) is 0 Å². The highest BCUT2D eigenvalue weighted by molar-refractivity contribution is 7.91. The molecule has 2 heterocycles. The Morgan fingerprint density at radius 1 is 0.892 bits per heavy atom. The smallest absolute Gasteiger partial charge is 0.206 e. The lowest BCUT2D eigenvalue weighted by atomic mass is 9.93. The van der Waals surface area contributed by atoms with Gasteiger partial charge >= 0.3 is 0 Å². The number of benzene rings is 2. The summed E-state index contributed by atoms with van der Waals surface area (Å²) in [6, 6.07) is 19.7. The van der Waals surface area contributed by atoms with E-state index < -0.39 is 9.84 Å². The van der Waals surface area contributed by atoms with E-state index in [-0.39, 0.29) is 34.1 Å². The number of nitrogens with one attached hydrogen (secondary N) is 4. The average Bonchev–Trinajstić information content (AvgIpc) is 3.39. The van der Waals surface area contributed by atoms with Crippen LogP contribution in [0.4, 0.5) is 11.6 Å². The molecule has 37 heavy (non-hydrogen) atoms. The molecule has 1 aliphatic carbocycles. The largest absolute Gasteiger partial charge is 0.497 e. The fourth-order valence-electron chi connectivity index (χ4n) is 4.86. The first kappa shape index (κ1) is 25.5. The molecule has 3 aromatic rings. The zero-order valence-electron chi connectivity index (χ0n) is 20.7. The van der Waals surface area contributed by atoms with Crippen LogP contribution in [0.3, 0.4) is 0 Å². The number of nitrogens with zero attached hydrogens (tertiary/aromatic N) is 1. The summed E-state index contributed by atoms with van der Waals surface area (Å²) in [5.41, 5.74) is 7.66. The molecule has 1 saturated carbocycles. The molecule has 1 saturated heterocycles. The standard InChI is InChI=1S/C27H33N5O4S/c1-36-21-13-7-18(8-14-21)24-17-27(32-31-24)30-26-16-23(37(34,35)22-5-3-2-4-6-22)15-25(29-26)28-19-9-11-20(33)12-10-19/h2-8,13-16,19-20,24,27,31-33H,9-12,17H2,1H3,(H2,28,29,30). The number of hydrogen-bond donors (Lipinski definition) is 5. The first-order chi connectivity index (χ1) is 17.9. The number of hydrogen-bond acceptors (Lipinski definition) is 9. The molecule has 0 amide bonds. The molecule has 9 nitrogen and oxygen atoms in total. The molecule has 5 rings (SSSR count). The number of sulfone groups is 1. The molecule has 1 aromatic heterocycles. The Labute approximate surface area is 217 Å². The van der Waals surface area contributed by atoms with Crippen LogP contribution in [0.1, 0.15) is 43.7 Å². The van der Waals surface area contributed by atoms with Crippen LogP contribution in [0.15, 0.2) is 76.5 Å². The summed E-state index contributed by atoms with van der Waals surface area (Å²) in [5, 5.41) is 16.6. The van der Waals surface area contributed by atoms with Crippen molar-refractivity contribution in [2.75, 3.05) is 17.7 Å². The van der Waals surface area contributed by atoms with Gasteiger partial charge in [0.15, 0.2) is 0 Å². The van der Waals surface area contributed by atoms with Crippen LogP contribution in [-0.4, -0.2) is 43.9 Å². The summed E-state index contributed by atoms with van der Waals surface area (Å²) < 4.78 is 32.1. The van der Waals surface area contributed by atoms with E-state index in [0.29, 0.717) is 11.6 Å². The highest BCUT2D eigenvalue weighted by atomic mass is 32.2. The SMILES string of the molecule is COc1ccc(C2CC(Nc3cc(S(=O)(=O)c4ccccc4)cc(NC4CCC(O)CC4)n3)NN2)cc1. The number of pyridine rings is 1. The topological polar surface area (TPSA) is 125 Å². The minimum atomic E-state index is -3.74. The van der Waals surface area contributed by atoms with Crippen LogP contribution >= 0.6 is 0 Å². The third kappa shape index (κ3) is 6.04. The predicted octanol–water partition coefficient (Wildman–Crippen LogP) is 3.62. The van der Waals surface area contributed by atoms with Crippen molar-refractivity contribution in [3.05, 3.63) is 72.3 Å². The molecule has 196 valence electrons. The van der Waals surface area contributed by atoms with E-state index in [1.54, 1.807) is 49.6 Å². The van der Waals surface area contributed by atoms with Gasteiger partial charge in [0.05, 0.1) is 29.2 Å². The van der Waals surface area contributed by atoms with Crippen molar-refractivity contribution < 1.29 is 18.3 Å². The molecule has 5 N–H and O–H groups in total. The minimum absolute atomic E-state index is 0.0749. The van der Waals surface area contributed by atoms with Gasteiger partial charge in [-0.25, -0.2) is 24.3 Å². The third-order valence-corrected chi connectivity index (χ3v) is 8.70. The number of aromatic nitrogens is 1. The highest BCUT2D eigenvalue weighted by Gasteiger charge is 2.27. The molecule has 0 radical (unpaired) electrons. The van der Waals surface area contributed by atoms with Gasteiger partial charge in [0, 0.05) is 18.5 Å². The molecular weight excluding hydrogens is 490 g/mol. The average molecular weight is 524 g/mol. The zero-order chi connectivity index (χ0) is 25.8. The maximum Gasteiger partial charge on any atom is 0.206 e. The third-order valence-electron chi connectivity index (χ3n) is 6.95. The summed E-state index contributed by atoms with van der Waals surface area (Å²) in [4.78, 5) is 5.11. The van der Waals surface area contributed by atoms with Crippen molar-refractivity contribution >= 4 is 21.5 Å². The normalized spacial score (nSPS) is 23.9. The van der Waals surface area contributed by atoms with E-state index in [1.807, 2.05) is 24.3 Å². The molecule has 0 bridgehead atoms. The summed E-state index contributed by atoms with van der Waals surface area (Å²) in [5.74, 6) is 1.76. The minimum Gasteiger partial charge on any atom is -0.497 e. The molecule has 0 spiro atoms. The molecule has 2 atom stereocenters. The van der Waals surface area contributed by atoms with E-state index in [1.165, 1.54) is 0 Å². The van der Waals surface area contributed by atoms with Gasteiger partial charge in [-0.1, -0.05) is 30.3 Å². The number of hydrazine groups is 1. The van der Waals surface area contributed by atoms with Crippen molar-refractivity contribution in [1.29, 1.82) is 0 Å². The number of aliphatic hydroxyl groups is 1. The predicted molar refractivity (Wildman–Crippen MR) is 142 cm³/mol. The number of anilines is 2. The van der Waals surface area contributed by atoms with E-state index >= 15 is 0 Å². The van der Waals surface area contributed by atoms with E-state index in [9.17, 15) is 13.5 Å². The van der Waals surface area contributed by atoms with E-state index in [0.717, 1.165) is 43.4 Å². The van der Waals surface area contributed by atoms with Gasteiger partial charge in [-0.05, 0) is 67.6 Å².